The molecule has 0 radical (unpaired) electrons. The average molecular weight is 259 g/mol. The fraction of sp³-hybridized carbons (Fsp3) is 0.429. The van der Waals surface area contributed by atoms with Crippen LogP contribution < -0.4 is 11.3 Å². The molecule has 2 aromatic heterocycles. The van der Waals surface area contributed by atoms with Crippen molar-refractivity contribution >= 4 is 0 Å². The predicted molar refractivity (Wildman–Crippen MR) is 75.4 cm³/mol. The third kappa shape index (κ3) is 2.83. The molecule has 2 aromatic rings. The first-order valence-corrected chi connectivity index (χ1v) is 6.57. The van der Waals surface area contributed by atoms with Gasteiger partial charge in [-0.3, -0.25) is 10.8 Å². The molecule has 0 aliphatic heterocycles. The molecule has 0 saturated carbocycles. The number of pyridine rings is 1. The molecule has 0 amide bonds. The summed E-state index contributed by atoms with van der Waals surface area (Å²) in [6.07, 6.45) is 6.70. The number of nitrogens with two attached hydrogens (primary N) is 1. The van der Waals surface area contributed by atoms with Gasteiger partial charge >= 0.3 is 0 Å². The van der Waals surface area contributed by atoms with Crippen LogP contribution >= 0.6 is 0 Å². The van der Waals surface area contributed by atoms with Crippen LogP contribution in [0.5, 0.6) is 0 Å². The second-order valence-electron chi connectivity index (χ2n) is 4.79. The Morgan fingerprint density at radius 1 is 1.37 bits per heavy atom. The van der Waals surface area contributed by atoms with Gasteiger partial charge < -0.3 is 4.57 Å². The zero-order chi connectivity index (χ0) is 13.8. The number of nitrogens with one attached hydrogen (secondary N) is 1. The van der Waals surface area contributed by atoms with E-state index in [2.05, 4.69) is 33.0 Å². The number of rotatable bonds is 5. The molecule has 1 unspecified atom stereocenters. The van der Waals surface area contributed by atoms with Gasteiger partial charge in [-0.15, -0.1) is 0 Å². The van der Waals surface area contributed by atoms with Crippen LogP contribution in [0.25, 0.3) is 0 Å². The first kappa shape index (κ1) is 13.7. The summed E-state index contributed by atoms with van der Waals surface area (Å²) >= 11 is 0. The summed E-state index contributed by atoms with van der Waals surface area (Å²) in [5, 5.41) is 0. The molecule has 1 atom stereocenters. The van der Waals surface area contributed by atoms with E-state index in [0.29, 0.717) is 0 Å². The minimum atomic E-state index is -0.179. The fourth-order valence-electron chi connectivity index (χ4n) is 2.31. The van der Waals surface area contributed by atoms with Crippen molar-refractivity contribution in [3.8, 4) is 0 Å². The molecule has 5 heteroatoms. The van der Waals surface area contributed by atoms with Gasteiger partial charge in [0.1, 0.15) is 11.9 Å². The maximum Gasteiger partial charge on any atom is 0.133 e. The highest BCUT2D eigenvalue weighted by Crippen LogP contribution is 2.22. The number of imidazole rings is 1. The van der Waals surface area contributed by atoms with Crippen LogP contribution in [-0.4, -0.2) is 14.5 Å². The lowest BCUT2D eigenvalue weighted by Gasteiger charge is -2.18. The summed E-state index contributed by atoms with van der Waals surface area (Å²) < 4.78 is 2.12. The Kier molecular flexibility index (Phi) is 4.29. The topological polar surface area (TPSA) is 68.8 Å². The van der Waals surface area contributed by atoms with Gasteiger partial charge in [0.05, 0.1) is 5.69 Å². The minimum absolute atomic E-state index is 0.179. The van der Waals surface area contributed by atoms with E-state index in [0.717, 1.165) is 35.6 Å². The molecule has 0 bridgehead atoms. The van der Waals surface area contributed by atoms with Gasteiger partial charge in [0.25, 0.3) is 0 Å². The number of hydrogen-bond acceptors (Lipinski definition) is 4. The molecule has 5 nitrogen and oxygen atoms in total. The predicted octanol–water partition coefficient (Wildman–Crippen LogP) is 1.86. The summed E-state index contributed by atoms with van der Waals surface area (Å²) in [5.41, 5.74) is 6.03. The van der Waals surface area contributed by atoms with Gasteiger partial charge in [0.2, 0.25) is 0 Å². The molecule has 0 saturated heterocycles. The van der Waals surface area contributed by atoms with Crippen molar-refractivity contribution in [1.29, 1.82) is 0 Å². The summed E-state index contributed by atoms with van der Waals surface area (Å²) in [6.45, 7) is 7.15. The van der Waals surface area contributed by atoms with E-state index in [1.54, 1.807) is 6.20 Å². The largest absolute Gasteiger partial charge is 0.333 e. The molecule has 0 spiro atoms. The van der Waals surface area contributed by atoms with E-state index in [-0.39, 0.29) is 6.04 Å². The summed E-state index contributed by atoms with van der Waals surface area (Å²) in [7, 11) is 0. The standard InChI is InChI=1S/C14H21N5/c1-4-6-19-7-5-16-14(19)13(18-15)12-11(3)8-10(2)9-17-12/h5,7-9,13,18H,4,6,15H2,1-3H3. The fourth-order valence-corrected chi connectivity index (χ4v) is 2.31. The second kappa shape index (κ2) is 5.95. The SMILES string of the molecule is CCCn1ccnc1C(NN)c1ncc(C)cc1C. The van der Waals surface area contributed by atoms with E-state index in [1.165, 1.54) is 0 Å². The summed E-state index contributed by atoms with van der Waals surface area (Å²) in [5.74, 6) is 6.63. The third-order valence-corrected chi connectivity index (χ3v) is 3.17. The Bertz CT molecular complexity index is 547. The molecule has 2 rings (SSSR count). The summed E-state index contributed by atoms with van der Waals surface area (Å²) in [4.78, 5) is 8.94. The lowest BCUT2D eigenvalue weighted by Crippen LogP contribution is -2.32. The lowest BCUT2D eigenvalue weighted by atomic mass is 10.1. The van der Waals surface area contributed by atoms with Gasteiger partial charge in [0, 0.05) is 25.1 Å². The molecule has 3 N–H and O–H groups in total. The summed E-state index contributed by atoms with van der Waals surface area (Å²) in [6, 6.07) is 1.93. The number of aromatic nitrogens is 3. The molecule has 0 aliphatic carbocycles. The smallest absolute Gasteiger partial charge is 0.133 e. The van der Waals surface area contributed by atoms with Gasteiger partial charge in [-0.2, -0.15) is 0 Å². The first-order chi connectivity index (χ1) is 9.17. The molecule has 0 aromatic carbocycles. The number of hydrogen-bond donors (Lipinski definition) is 2. The van der Waals surface area contributed by atoms with Crippen molar-refractivity contribution in [3.63, 3.8) is 0 Å². The lowest BCUT2D eigenvalue weighted by molar-refractivity contribution is 0.534. The van der Waals surface area contributed by atoms with Crippen LogP contribution in [0.2, 0.25) is 0 Å². The Morgan fingerprint density at radius 2 is 2.16 bits per heavy atom. The van der Waals surface area contributed by atoms with Crippen LogP contribution in [0.3, 0.4) is 0 Å². The van der Waals surface area contributed by atoms with E-state index in [9.17, 15) is 0 Å². The quantitative estimate of drug-likeness (QED) is 0.635. The van der Waals surface area contributed by atoms with Crippen molar-refractivity contribution in [2.75, 3.05) is 0 Å². The Hall–Kier alpha value is -1.72. The van der Waals surface area contributed by atoms with Crippen LogP contribution in [0.1, 0.15) is 42.0 Å². The number of nitrogens with zero attached hydrogens (tertiary/aromatic N) is 3. The van der Waals surface area contributed by atoms with Crippen LogP contribution in [0.4, 0.5) is 0 Å². The Morgan fingerprint density at radius 3 is 2.79 bits per heavy atom. The van der Waals surface area contributed by atoms with E-state index in [1.807, 2.05) is 26.2 Å². The van der Waals surface area contributed by atoms with Gasteiger partial charge in [-0.1, -0.05) is 13.0 Å². The highest BCUT2D eigenvalue weighted by atomic mass is 15.3. The zero-order valence-electron chi connectivity index (χ0n) is 11.7. The molecule has 102 valence electrons. The van der Waals surface area contributed by atoms with Crippen molar-refractivity contribution in [3.05, 3.63) is 47.3 Å². The highest BCUT2D eigenvalue weighted by molar-refractivity contribution is 5.29. The van der Waals surface area contributed by atoms with Crippen LogP contribution in [0, 0.1) is 13.8 Å². The minimum Gasteiger partial charge on any atom is -0.333 e. The number of aryl methyl sites for hydroxylation is 3. The van der Waals surface area contributed by atoms with Crippen LogP contribution in [-0.2, 0) is 6.54 Å². The van der Waals surface area contributed by atoms with Gasteiger partial charge in [-0.25, -0.2) is 10.4 Å². The normalized spacial score (nSPS) is 12.6. The maximum atomic E-state index is 5.72. The first-order valence-electron chi connectivity index (χ1n) is 6.57. The highest BCUT2D eigenvalue weighted by Gasteiger charge is 2.20. The van der Waals surface area contributed by atoms with Crippen molar-refractivity contribution in [1.82, 2.24) is 20.0 Å². The molecule has 0 aliphatic rings. The average Bonchev–Trinajstić information content (AvgIpc) is 2.82. The maximum absolute atomic E-state index is 5.72. The molecule has 2 heterocycles. The Balaban J connectivity index is 2.41. The molecule has 19 heavy (non-hydrogen) atoms. The van der Waals surface area contributed by atoms with Crippen molar-refractivity contribution in [2.45, 2.75) is 39.8 Å². The van der Waals surface area contributed by atoms with Crippen molar-refractivity contribution in [2.24, 2.45) is 5.84 Å². The van der Waals surface area contributed by atoms with Gasteiger partial charge in [0.15, 0.2) is 0 Å². The zero-order valence-corrected chi connectivity index (χ0v) is 11.7. The number of hydrazine groups is 1. The molecule has 0 fully saturated rings. The Labute approximate surface area is 113 Å². The van der Waals surface area contributed by atoms with Crippen LogP contribution in [0.15, 0.2) is 24.7 Å². The third-order valence-electron chi connectivity index (χ3n) is 3.17. The van der Waals surface area contributed by atoms with E-state index in [4.69, 9.17) is 5.84 Å². The van der Waals surface area contributed by atoms with Gasteiger partial charge in [-0.05, 0) is 31.4 Å². The van der Waals surface area contributed by atoms with Crippen molar-refractivity contribution < 1.29 is 0 Å². The van der Waals surface area contributed by atoms with E-state index < -0.39 is 0 Å². The van der Waals surface area contributed by atoms with E-state index >= 15 is 0 Å². The second-order valence-corrected chi connectivity index (χ2v) is 4.79. The molecular weight excluding hydrogens is 238 g/mol. The monoisotopic (exact) mass is 259 g/mol. The molecular formula is C14H21N5.